The van der Waals surface area contributed by atoms with Crippen molar-refractivity contribution in [3.63, 3.8) is 0 Å². The molecule has 0 saturated carbocycles. The van der Waals surface area contributed by atoms with Crippen LogP contribution in [0.15, 0.2) is 43.0 Å². The molecule has 5 heterocycles. The quantitative estimate of drug-likeness (QED) is 0.611. The van der Waals surface area contributed by atoms with E-state index in [1.54, 1.807) is 17.5 Å². The normalized spacial score (nSPS) is 14.5. The molecule has 1 aliphatic heterocycles. The van der Waals surface area contributed by atoms with Gasteiger partial charge in [0.05, 0.1) is 22.1 Å². The van der Waals surface area contributed by atoms with Crippen molar-refractivity contribution in [2.75, 3.05) is 18.0 Å². The third kappa shape index (κ3) is 2.66. The van der Waals surface area contributed by atoms with Crippen LogP contribution in [0.25, 0.3) is 32.0 Å². The maximum atomic E-state index is 4.77. The van der Waals surface area contributed by atoms with Crippen molar-refractivity contribution in [3.8, 4) is 21.8 Å². The molecule has 0 unspecified atom stereocenters. The number of nitrogens with one attached hydrogen (secondary N) is 1. The van der Waals surface area contributed by atoms with E-state index in [1.165, 1.54) is 12.8 Å². The number of rotatable bonds is 3. The van der Waals surface area contributed by atoms with Gasteiger partial charge in [0.2, 0.25) is 0 Å². The van der Waals surface area contributed by atoms with Crippen LogP contribution in [0.1, 0.15) is 12.8 Å². The molecular formula is C18H16N6S. The first-order valence-corrected chi connectivity index (χ1v) is 9.15. The first-order chi connectivity index (χ1) is 12.4. The molecular weight excluding hydrogens is 332 g/mol. The van der Waals surface area contributed by atoms with Gasteiger partial charge in [0.1, 0.15) is 10.8 Å². The highest BCUT2D eigenvalue weighted by Crippen LogP contribution is 2.32. The fourth-order valence-corrected chi connectivity index (χ4v) is 4.06. The molecule has 0 bridgehead atoms. The van der Waals surface area contributed by atoms with Crippen molar-refractivity contribution in [3.05, 3.63) is 43.0 Å². The smallest absolute Gasteiger partial charge is 0.128 e. The van der Waals surface area contributed by atoms with Gasteiger partial charge in [-0.25, -0.2) is 9.97 Å². The van der Waals surface area contributed by atoms with E-state index >= 15 is 0 Å². The van der Waals surface area contributed by atoms with Gasteiger partial charge in [-0.2, -0.15) is 5.10 Å². The topological polar surface area (TPSA) is 70.6 Å². The lowest BCUT2D eigenvalue weighted by molar-refractivity contribution is 0.938. The fourth-order valence-electron chi connectivity index (χ4n) is 3.15. The van der Waals surface area contributed by atoms with Crippen LogP contribution in [0.4, 0.5) is 5.82 Å². The standard InChI is InChI=1S/C18H16N6S/c1-2-6-24(5-1)17-4-3-12(8-20-17)18-23-15-7-14(13-9-21-22-10-13)19-11-16(15)25-18/h3-4,7-11H,1-2,5-6H2,(H,21,22). The molecule has 0 atom stereocenters. The second-order valence-corrected chi connectivity index (χ2v) is 7.17. The third-order valence-electron chi connectivity index (χ3n) is 4.49. The van der Waals surface area contributed by atoms with Crippen LogP contribution in [0.2, 0.25) is 0 Å². The van der Waals surface area contributed by atoms with E-state index < -0.39 is 0 Å². The van der Waals surface area contributed by atoms with Crippen LogP contribution < -0.4 is 4.90 Å². The second kappa shape index (κ2) is 5.93. The van der Waals surface area contributed by atoms with Crippen LogP contribution in [0, 0.1) is 0 Å². The lowest BCUT2D eigenvalue weighted by atomic mass is 10.2. The van der Waals surface area contributed by atoms with Crippen LogP contribution in [0.3, 0.4) is 0 Å². The summed E-state index contributed by atoms with van der Waals surface area (Å²) in [6.07, 6.45) is 9.92. The Morgan fingerprint density at radius 3 is 2.68 bits per heavy atom. The van der Waals surface area contributed by atoms with E-state index in [1.807, 2.05) is 24.7 Å². The average Bonchev–Trinajstić information content (AvgIpc) is 3.42. The Kier molecular flexibility index (Phi) is 3.45. The maximum Gasteiger partial charge on any atom is 0.128 e. The SMILES string of the molecule is c1n[nH]cc1-c1cc2nc(-c3ccc(N4CCCC4)nc3)sc2cn1. The molecule has 4 aromatic rings. The van der Waals surface area contributed by atoms with Crippen molar-refractivity contribution >= 4 is 27.4 Å². The summed E-state index contributed by atoms with van der Waals surface area (Å²) in [7, 11) is 0. The molecule has 1 fully saturated rings. The molecule has 1 N–H and O–H groups in total. The molecule has 0 aliphatic carbocycles. The molecule has 124 valence electrons. The summed E-state index contributed by atoms with van der Waals surface area (Å²) in [6, 6.07) is 6.22. The number of anilines is 1. The van der Waals surface area contributed by atoms with Gasteiger partial charge in [-0.1, -0.05) is 0 Å². The summed E-state index contributed by atoms with van der Waals surface area (Å²) in [5.41, 5.74) is 3.84. The fraction of sp³-hybridized carbons (Fsp3) is 0.222. The predicted molar refractivity (Wildman–Crippen MR) is 99.7 cm³/mol. The van der Waals surface area contributed by atoms with Crippen LogP contribution in [0.5, 0.6) is 0 Å². The Bertz CT molecular complexity index is 1000. The number of aromatic amines is 1. The van der Waals surface area contributed by atoms with Gasteiger partial charge in [-0.3, -0.25) is 10.1 Å². The summed E-state index contributed by atoms with van der Waals surface area (Å²) in [4.78, 5) is 16.3. The number of H-pyrrole nitrogens is 1. The molecule has 1 aliphatic rings. The predicted octanol–water partition coefficient (Wildman–Crippen LogP) is 3.74. The first-order valence-electron chi connectivity index (χ1n) is 8.34. The van der Waals surface area contributed by atoms with E-state index in [4.69, 9.17) is 4.98 Å². The molecule has 0 amide bonds. The van der Waals surface area contributed by atoms with Crippen molar-refractivity contribution < 1.29 is 0 Å². The summed E-state index contributed by atoms with van der Waals surface area (Å²) >= 11 is 1.64. The lowest BCUT2D eigenvalue weighted by Gasteiger charge is -2.15. The average molecular weight is 348 g/mol. The van der Waals surface area contributed by atoms with Gasteiger partial charge < -0.3 is 4.90 Å². The van der Waals surface area contributed by atoms with Crippen molar-refractivity contribution in [2.45, 2.75) is 12.8 Å². The van der Waals surface area contributed by atoms with Crippen molar-refractivity contribution in [1.82, 2.24) is 25.1 Å². The molecule has 0 spiro atoms. The van der Waals surface area contributed by atoms with Gasteiger partial charge in [-0.15, -0.1) is 11.3 Å². The Morgan fingerprint density at radius 2 is 1.92 bits per heavy atom. The molecule has 6 nitrogen and oxygen atoms in total. The Morgan fingerprint density at radius 1 is 1.00 bits per heavy atom. The number of hydrogen-bond acceptors (Lipinski definition) is 6. The Hall–Kier alpha value is -2.80. The highest BCUT2D eigenvalue weighted by molar-refractivity contribution is 7.21. The van der Waals surface area contributed by atoms with Crippen LogP contribution >= 0.6 is 11.3 Å². The van der Waals surface area contributed by atoms with Crippen molar-refractivity contribution in [2.24, 2.45) is 0 Å². The Balaban J connectivity index is 1.48. The zero-order valence-corrected chi connectivity index (χ0v) is 14.3. The minimum absolute atomic E-state index is 0.876. The summed E-state index contributed by atoms with van der Waals surface area (Å²) in [6.45, 7) is 2.21. The van der Waals surface area contributed by atoms with E-state index in [2.05, 4.69) is 37.2 Å². The molecule has 0 aromatic carbocycles. The van der Waals surface area contributed by atoms with Crippen molar-refractivity contribution in [1.29, 1.82) is 0 Å². The minimum atomic E-state index is 0.876. The second-order valence-electron chi connectivity index (χ2n) is 6.14. The first kappa shape index (κ1) is 14.5. The maximum absolute atomic E-state index is 4.77. The molecule has 0 radical (unpaired) electrons. The minimum Gasteiger partial charge on any atom is -0.357 e. The number of nitrogens with zero attached hydrogens (tertiary/aromatic N) is 5. The monoisotopic (exact) mass is 348 g/mol. The molecule has 1 saturated heterocycles. The molecule has 7 heteroatoms. The molecule has 5 rings (SSSR count). The Labute approximate surface area is 148 Å². The summed E-state index contributed by atoms with van der Waals surface area (Å²) < 4.78 is 1.07. The number of pyridine rings is 2. The van der Waals surface area contributed by atoms with E-state index in [0.29, 0.717) is 0 Å². The zero-order chi connectivity index (χ0) is 16.6. The number of fused-ring (bicyclic) bond motifs is 1. The highest BCUT2D eigenvalue weighted by atomic mass is 32.1. The van der Waals surface area contributed by atoms with Gasteiger partial charge in [-0.05, 0) is 31.0 Å². The van der Waals surface area contributed by atoms with Gasteiger partial charge in [0.25, 0.3) is 0 Å². The number of hydrogen-bond donors (Lipinski definition) is 1. The van der Waals surface area contributed by atoms with E-state index in [-0.39, 0.29) is 0 Å². The zero-order valence-electron chi connectivity index (χ0n) is 13.5. The molecule has 25 heavy (non-hydrogen) atoms. The van der Waals surface area contributed by atoms with Gasteiger partial charge in [0, 0.05) is 42.8 Å². The highest BCUT2D eigenvalue weighted by Gasteiger charge is 2.14. The van der Waals surface area contributed by atoms with Gasteiger partial charge >= 0.3 is 0 Å². The van der Waals surface area contributed by atoms with Crippen LogP contribution in [-0.2, 0) is 0 Å². The van der Waals surface area contributed by atoms with Gasteiger partial charge in [0.15, 0.2) is 0 Å². The summed E-state index contributed by atoms with van der Waals surface area (Å²) in [5.74, 6) is 1.06. The van der Waals surface area contributed by atoms with Crippen LogP contribution in [-0.4, -0.2) is 38.2 Å². The lowest BCUT2D eigenvalue weighted by Crippen LogP contribution is -2.18. The number of aromatic nitrogens is 5. The van der Waals surface area contributed by atoms with E-state index in [0.717, 1.165) is 51.0 Å². The third-order valence-corrected chi connectivity index (χ3v) is 5.55. The number of thiazole rings is 1. The molecule has 4 aromatic heterocycles. The summed E-state index contributed by atoms with van der Waals surface area (Å²) in [5, 5.41) is 7.77. The van der Waals surface area contributed by atoms with E-state index in [9.17, 15) is 0 Å². The largest absolute Gasteiger partial charge is 0.357 e.